The number of hydrogen-bond donors (Lipinski definition) is 1. The molecule has 0 spiro atoms. The first-order valence-electron chi connectivity index (χ1n) is 7.97. The Morgan fingerprint density at radius 2 is 1.41 bits per heavy atom. The van der Waals surface area contributed by atoms with Crippen molar-refractivity contribution >= 4 is 7.60 Å². The van der Waals surface area contributed by atoms with Crippen molar-refractivity contribution in [2.24, 2.45) is 0 Å². The van der Waals surface area contributed by atoms with Crippen LogP contribution in [0.25, 0.3) is 0 Å². The van der Waals surface area contributed by atoms with Crippen LogP contribution in [-0.2, 0) is 19.8 Å². The van der Waals surface area contributed by atoms with Crippen LogP contribution in [0.3, 0.4) is 0 Å². The second-order valence-electron chi connectivity index (χ2n) is 6.04. The van der Waals surface area contributed by atoms with Crippen molar-refractivity contribution in [3.63, 3.8) is 0 Å². The van der Waals surface area contributed by atoms with E-state index in [0.717, 1.165) is 16.7 Å². The summed E-state index contributed by atoms with van der Waals surface area (Å²) in [5, 5.41) is 10.4. The maximum absolute atomic E-state index is 12.7. The van der Waals surface area contributed by atoms with Crippen molar-refractivity contribution in [2.75, 3.05) is 13.2 Å². The molecule has 0 bridgehead atoms. The van der Waals surface area contributed by atoms with Gasteiger partial charge in [-0.25, -0.2) is 0 Å². The molecule has 5 heteroatoms. The molecule has 0 heterocycles. The number of phenols is 1. The molecule has 0 saturated heterocycles. The van der Waals surface area contributed by atoms with E-state index in [9.17, 15) is 9.67 Å². The molecule has 0 aliphatic heterocycles. The van der Waals surface area contributed by atoms with E-state index in [-0.39, 0.29) is 18.0 Å². The summed E-state index contributed by atoms with van der Waals surface area (Å²) in [5.41, 5.74) is 2.64. The lowest BCUT2D eigenvalue weighted by atomic mass is 9.92. The maximum Gasteiger partial charge on any atom is 0.335 e. The van der Waals surface area contributed by atoms with Gasteiger partial charge in [0.1, 0.15) is 5.75 Å². The molecule has 0 fully saturated rings. The van der Waals surface area contributed by atoms with Gasteiger partial charge in [0.25, 0.3) is 0 Å². The molecule has 0 aliphatic rings. The van der Waals surface area contributed by atoms with Crippen LogP contribution in [0.15, 0.2) is 12.1 Å². The molecule has 0 atom stereocenters. The normalized spacial score (nSPS) is 12.4. The molecular formula is C17H29O4P. The fraction of sp³-hybridized carbons (Fsp3) is 0.647. The smallest absolute Gasteiger partial charge is 0.335 e. The third-order valence-corrected chi connectivity index (χ3v) is 5.56. The third-order valence-electron chi connectivity index (χ3n) is 3.50. The quantitative estimate of drug-likeness (QED) is 0.649. The van der Waals surface area contributed by atoms with Gasteiger partial charge < -0.3 is 14.2 Å². The Bertz CT molecular complexity index is 498. The number of benzene rings is 1. The number of phenolic OH excluding ortho intramolecular Hbond substituents is 1. The minimum Gasteiger partial charge on any atom is -0.507 e. The Morgan fingerprint density at radius 3 is 1.73 bits per heavy atom. The monoisotopic (exact) mass is 328 g/mol. The van der Waals surface area contributed by atoms with E-state index in [1.165, 1.54) is 0 Å². The van der Waals surface area contributed by atoms with Crippen LogP contribution in [0.1, 0.15) is 70.1 Å². The van der Waals surface area contributed by atoms with Crippen LogP contribution < -0.4 is 0 Å². The first-order valence-corrected chi connectivity index (χ1v) is 9.70. The molecule has 0 unspecified atom stereocenters. The highest BCUT2D eigenvalue weighted by atomic mass is 31.2. The molecule has 1 rings (SSSR count). The third kappa shape index (κ3) is 4.84. The molecular weight excluding hydrogens is 299 g/mol. The standard InChI is InChI=1S/C17H29O4P/c1-7-20-22(19,21-8-2)11-14-9-15(12(3)4)17(18)16(10-14)13(5)6/h9-10,12-13,18H,7-8,11H2,1-6H3. The van der Waals surface area contributed by atoms with Crippen molar-refractivity contribution in [3.05, 3.63) is 28.8 Å². The highest BCUT2D eigenvalue weighted by molar-refractivity contribution is 7.53. The minimum absolute atomic E-state index is 0.191. The first kappa shape index (κ1) is 19.2. The van der Waals surface area contributed by atoms with Crippen molar-refractivity contribution in [1.29, 1.82) is 0 Å². The van der Waals surface area contributed by atoms with Gasteiger partial charge in [0.05, 0.1) is 19.4 Å². The van der Waals surface area contributed by atoms with E-state index >= 15 is 0 Å². The topological polar surface area (TPSA) is 55.8 Å². The van der Waals surface area contributed by atoms with Gasteiger partial charge in [0.2, 0.25) is 0 Å². The van der Waals surface area contributed by atoms with Crippen LogP contribution >= 0.6 is 7.60 Å². The van der Waals surface area contributed by atoms with E-state index in [0.29, 0.717) is 19.0 Å². The number of rotatable bonds is 8. The second-order valence-corrected chi connectivity index (χ2v) is 8.09. The Hall–Kier alpha value is -0.830. The molecule has 0 radical (unpaired) electrons. The fourth-order valence-electron chi connectivity index (χ4n) is 2.46. The molecule has 0 amide bonds. The van der Waals surface area contributed by atoms with Crippen molar-refractivity contribution in [3.8, 4) is 5.75 Å². The van der Waals surface area contributed by atoms with Gasteiger partial charge in [0.15, 0.2) is 0 Å². The molecule has 0 aliphatic carbocycles. The van der Waals surface area contributed by atoms with Gasteiger partial charge in [-0.15, -0.1) is 0 Å². The molecule has 0 aromatic heterocycles. The predicted octanol–water partition coefficient (Wildman–Crippen LogP) is 5.41. The molecule has 22 heavy (non-hydrogen) atoms. The highest BCUT2D eigenvalue weighted by Gasteiger charge is 2.26. The Morgan fingerprint density at radius 1 is 1.00 bits per heavy atom. The molecule has 4 nitrogen and oxygen atoms in total. The number of aromatic hydroxyl groups is 1. The maximum atomic E-state index is 12.7. The zero-order valence-electron chi connectivity index (χ0n) is 14.5. The highest BCUT2D eigenvalue weighted by Crippen LogP contribution is 2.52. The van der Waals surface area contributed by atoms with Gasteiger partial charge in [0, 0.05) is 0 Å². The van der Waals surface area contributed by atoms with Crippen molar-refractivity contribution < 1.29 is 18.7 Å². The van der Waals surface area contributed by atoms with Crippen molar-refractivity contribution in [2.45, 2.75) is 59.5 Å². The zero-order chi connectivity index (χ0) is 16.9. The van der Waals surface area contributed by atoms with E-state index in [2.05, 4.69) is 0 Å². The summed E-state index contributed by atoms with van der Waals surface area (Å²) < 4.78 is 23.5. The summed E-state index contributed by atoms with van der Waals surface area (Å²) >= 11 is 0. The van der Waals surface area contributed by atoms with Crippen LogP contribution in [0.5, 0.6) is 5.75 Å². The SMILES string of the molecule is CCOP(=O)(Cc1cc(C(C)C)c(O)c(C(C)C)c1)OCC. The van der Waals surface area contributed by atoms with Gasteiger partial charge in [-0.1, -0.05) is 39.8 Å². The van der Waals surface area contributed by atoms with Crippen LogP contribution in [0, 0.1) is 0 Å². The van der Waals surface area contributed by atoms with Gasteiger partial charge in [-0.3, -0.25) is 4.57 Å². The van der Waals surface area contributed by atoms with Gasteiger partial charge in [-0.2, -0.15) is 0 Å². The summed E-state index contributed by atoms with van der Waals surface area (Å²) in [6.45, 7) is 12.5. The molecule has 0 saturated carbocycles. The lowest BCUT2D eigenvalue weighted by Crippen LogP contribution is -2.02. The second kappa shape index (κ2) is 8.14. The summed E-state index contributed by atoms with van der Waals surface area (Å²) in [5.74, 6) is 0.725. The summed E-state index contributed by atoms with van der Waals surface area (Å²) in [7, 11) is -3.14. The number of hydrogen-bond acceptors (Lipinski definition) is 4. The van der Waals surface area contributed by atoms with Crippen LogP contribution in [-0.4, -0.2) is 18.3 Å². The fourth-order valence-corrected chi connectivity index (χ4v) is 4.14. The van der Waals surface area contributed by atoms with Crippen LogP contribution in [0.2, 0.25) is 0 Å². The average Bonchev–Trinajstić information content (AvgIpc) is 2.40. The van der Waals surface area contributed by atoms with Crippen LogP contribution in [0.4, 0.5) is 0 Å². The average molecular weight is 328 g/mol. The van der Waals surface area contributed by atoms with Gasteiger partial charge >= 0.3 is 7.60 Å². The lowest BCUT2D eigenvalue weighted by molar-refractivity contribution is 0.219. The molecule has 126 valence electrons. The zero-order valence-corrected chi connectivity index (χ0v) is 15.4. The first-order chi connectivity index (χ1) is 10.2. The summed E-state index contributed by atoms with van der Waals surface area (Å²) in [6, 6.07) is 3.83. The Kier molecular flexibility index (Phi) is 7.11. The molecule has 1 aromatic rings. The van der Waals surface area contributed by atoms with E-state index in [4.69, 9.17) is 9.05 Å². The Balaban J connectivity index is 3.26. The molecule has 1 N–H and O–H groups in total. The predicted molar refractivity (Wildman–Crippen MR) is 90.8 cm³/mol. The van der Waals surface area contributed by atoms with E-state index < -0.39 is 7.60 Å². The minimum atomic E-state index is -3.14. The lowest BCUT2D eigenvalue weighted by Gasteiger charge is -2.21. The van der Waals surface area contributed by atoms with Crippen molar-refractivity contribution in [1.82, 2.24) is 0 Å². The summed E-state index contributed by atoms with van der Waals surface area (Å²) in [4.78, 5) is 0. The Labute approximate surface area is 134 Å². The summed E-state index contributed by atoms with van der Waals surface area (Å²) in [6.07, 6.45) is 0.231. The van der Waals surface area contributed by atoms with E-state index in [1.807, 2.05) is 53.7 Å². The largest absolute Gasteiger partial charge is 0.507 e. The van der Waals surface area contributed by atoms with Gasteiger partial charge in [-0.05, 0) is 42.4 Å². The molecule has 1 aromatic carbocycles. The van der Waals surface area contributed by atoms with E-state index in [1.54, 1.807) is 0 Å².